The van der Waals surface area contributed by atoms with Crippen molar-refractivity contribution >= 4 is 0 Å². The third-order valence-electron chi connectivity index (χ3n) is 2.89. The van der Waals surface area contributed by atoms with E-state index in [1.807, 2.05) is 30.3 Å². The lowest BCUT2D eigenvalue weighted by Crippen LogP contribution is -2.03. The van der Waals surface area contributed by atoms with Crippen molar-refractivity contribution in [1.29, 1.82) is 0 Å². The molecule has 0 saturated heterocycles. The van der Waals surface area contributed by atoms with Crippen LogP contribution >= 0.6 is 0 Å². The van der Waals surface area contributed by atoms with Gasteiger partial charge in [0, 0.05) is 12.5 Å². The fraction of sp³-hybridized carbons (Fsp3) is 0.200. The van der Waals surface area contributed by atoms with E-state index in [0.29, 0.717) is 6.42 Å². The fourth-order valence-electron chi connectivity index (χ4n) is 2.04. The van der Waals surface area contributed by atoms with E-state index >= 15 is 0 Å². The summed E-state index contributed by atoms with van der Waals surface area (Å²) in [4.78, 5) is 0. The van der Waals surface area contributed by atoms with Gasteiger partial charge in [0.2, 0.25) is 0 Å². The second-order valence-corrected chi connectivity index (χ2v) is 4.03. The SMILES string of the molecule is OCCC(c1ccccc1)c1ccc(F)cc1. The third kappa shape index (κ3) is 2.92. The van der Waals surface area contributed by atoms with Crippen LogP contribution in [0, 0.1) is 5.82 Å². The van der Waals surface area contributed by atoms with E-state index in [9.17, 15) is 4.39 Å². The summed E-state index contributed by atoms with van der Waals surface area (Å²) in [5.74, 6) is -0.105. The number of rotatable bonds is 4. The Bertz CT molecular complexity index is 450. The van der Waals surface area contributed by atoms with Gasteiger partial charge in [-0.3, -0.25) is 0 Å². The maximum absolute atomic E-state index is 12.9. The number of benzene rings is 2. The summed E-state index contributed by atoms with van der Waals surface area (Å²) in [6.45, 7) is 0.122. The molecule has 0 spiro atoms. The predicted molar refractivity (Wildman–Crippen MR) is 66.4 cm³/mol. The Morgan fingerprint density at radius 2 is 1.47 bits per heavy atom. The summed E-state index contributed by atoms with van der Waals surface area (Å²) in [5.41, 5.74) is 2.18. The van der Waals surface area contributed by atoms with Gasteiger partial charge in [-0.05, 0) is 29.7 Å². The van der Waals surface area contributed by atoms with Crippen molar-refractivity contribution in [2.45, 2.75) is 12.3 Å². The molecule has 1 nitrogen and oxygen atoms in total. The molecule has 0 heterocycles. The molecular weight excluding hydrogens is 215 g/mol. The first-order valence-electron chi connectivity index (χ1n) is 5.72. The highest BCUT2D eigenvalue weighted by Crippen LogP contribution is 2.27. The van der Waals surface area contributed by atoms with Gasteiger partial charge in [-0.1, -0.05) is 42.5 Å². The van der Waals surface area contributed by atoms with E-state index in [-0.39, 0.29) is 18.3 Å². The first kappa shape index (κ1) is 11.8. The maximum Gasteiger partial charge on any atom is 0.123 e. The van der Waals surface area contributed by atoms with E-state index < -0.39 is 0 Å². The van der Waals surface area contributed by atoms with Crippen LogP contribution in [0.4, 0.5) is 4.39 Å². The summed E-state index contributed by atoms with van der Waals surface area (Å²) in [6, 6.07) is 16.5. The van der Waals surface area contributed by atoms with Crippen LogP contribution in [-0.4, -0.2) is 11.7 Å². The zero-order valence-electron chi connectivity index (χ0n) is 9.51. The van der Waals surface area contributed by atoms with Gasteiger partial charge in [0.05, 0.1) is 0 Å². The lowest BCUT2D eigenvalue weighted by atomic mass is 9.89. The van der Waals surface area contributed by atoms with Crippen LogP contribution in [0.5, 0.6) is 0 Å². The molecule has 0 radical (unpaired) electrons. The molecule has 2 rings (SSSR count). The molecule has 1 unspecified atom stereocenters. The normalized spacial score (nSPS) is 12.4. The van der Waals surface area contributed by atoms with Crippen LogP contribution in [0.3, 0.4) is 0 Å². The molecule has 0 aromatic heterocycles. The molecule has 2 heteroatoms. The number of aliphatic hydroxyl groups excluding tert-OH is 1. The molecule has 0 aliphatic heterocycles. The minimum Gasteiger partial charge on any atom is -0.396 e. The Labute approximate surface area is 101 Å². The second kappa shape index (κ2) is 5.60. The van der Waals surface area contributed by atoms with Crippen molar-refractivity contribution in [3.63, 3.8) is 0 Å². The monoisotopic (exact) mass is 230 g/mol. The maximum atomic E-state index is 12.9. The molecule has 1 atom stereocenters. The lowest BCUT2D eigenvalue weighted by Gasteiger charge is -2.16. The van der Waals surface area contributed by atoms with Crippen molar-refractivity contribution in [2.75, 3.05) is 6.61 Å². The Hall–Kier alpha value is -1.67. The molecule has 0 amide bonds. The van der Waals surface area contributed by atoms with Gasteiger partial charge in [0.25, 0.3) is 0 Å². The molecule has 17 heavy (non-hydrogen) atoms. The largest absolute Gasteiger partial charge is 0.396 e. The van der Waals surface area contributed by atoms with E-state index in [1.165, 1.54) is 12.1 Å². The van der Waals surface area contributed by atoms with Crippen molar-refractivity contribution in [1.82, 2.24) is 0 Å². The molecule has 0 bridgehead atoms. The smallest absolute Gasteiger partial charge is 0.123 e. The van der Waals surface area contributed by atoms with Crippen LogP contribution in [0.2, 0.25) is 0 Å². The highest BCUT2D eigenvalue weighted by molar-refractivity contribution is 5.32. The Kier molecular flexibility index (Phi) is 3.89. The molecule has 0 aliphatic rings. The summed E-state index contributed by atoms with van der Waals surface area (Å²) < 4.78 is 12.9. The highest BCUT2D eigenvalue weighted by atomic mass is 19.1. The zero-order chi connectivity index (χ0) is 12.1. The van der Waals surface area contributed by atoms with Crippen LogP contribution < -0.4 is 0 Å². The highest BCUT2D eigenvalue weighted by Gasteiger charge is 2.13. The fourth-order valence-corrected chi connectivity index (χ4v) is 2.04. The zero-order valence-corrected chi connectivity index (χ0v) is 9.51. The van der Waals surface area contributed by atoms with Crippen LogP contribution in [0.1, 0.15) is 23.5 Å². The lowest BCUT2D eigenvalue weighted by molar-refractivity contribution is 0.281. The van der Waals surface area contributed by atoms with Crippen molar-refractivity contribution in [3.8, 4) is 0 Å². The van der Waals surface area contributed by atoms with Gasteiger partial charge >= 0.3 is 0 Å². The predicted octanol–water partition coefficient (Wildman–Crippen LogP) is 3.34. The van der Waals surface area contributed by atoms with E-state index in [2.05, 4.69) is 0 Å². The van der Waals surface area contributed by atoms with E-state index in [4.69, 9.17) is 5.11 Å². The van der Waals surface area contributed by atoms with Crippen molar-refractivity contribution in [3.05, 3.63) is 71.5 Å². The van der Waals surface area contributed by atoms with Crippen LogP contribution in [-0.2, 0) is 0 Å². The topological polar surface area (TPSA) is 20.2 Å². The van der Waals surface area contributed by atoms with Crippen molar-refractivity contribution in [2.24, 2.45) is 0 Å². The number of aliphatic hydroxyl groups is 1. The van der Waals surface area contributed by atoms with Gasteiger partial charge in [-0.25, -0.2) is 4.39 Å². The van der Waals surface area contributed by atoms with Gasteiger partial charge in [0.15, 0.2) is 0 Å². The van der Waals surface area contributed by atoms with Gasteiger partial charge in [-0.15, -0.1) is 0 Å². The molecule has 1 N–H and O–H groups in total. The quantitative estimate of drug-likeness (QED) is 0.854. The summed E-state index contributed by atoms with van der Waals surface area (Å²) in [6.07, 6.45) is 0.648. The summed E-state index contributed by atoms with van der Waals surface area (Å²) in [7, 11) is 0. The first-order valence-corrected chi connectivity index (χ1v) is 5.72. The van der Waals surface area contributed by atoms with E-state index in [1.54, 1.807) is 12.1 Å². The molecule has 0 aliphatic carbocycles. The number of halogens is 1. The molecule has 0 saturated carbocycles. The van der Waals surface area contributed by atoms with Crippen molar-refractivity contribution < 1.29 is 9.50 Å². The number of hydrogen-bond acceptors (Lipinski definition) is 1. The molecule has 2 aromatic rings. The van der Waals surface area contributed by atoms with Gasteiger partial charge in [0.1, 0.15) is 5.82 Å². The minimum atomic E-state index is -0.232. The van der Waals surface area contributed by atoms with Gasteiger partial charge in [-0.2, -0.15) is 0 Å². The Morgan fingerprint density at radius 1 is 0.882 bits per heavy atom. The molecule has 88 valence electrons. The standard InChI is InChI=1S/C15H15FO/c16-14-8-6-13(7-9-14)15(10-11-17)12-4-2-1-3-5-12/h1-9,15,17H,10-11H2. The molecule has 2 aromatic carbocycles. The Morgan fingerprint density at radius 3 is 2.06 bits per heavy atom. The summed E-state index contributed by atoms with van der Waals surface area (Å²) >= 11 is 0. The average molecular weight is 230 g/mol. The average Bonchev–Trinajstić information content (AvgIpc) is 2.38. The van der Waals surface area contributed by atoms with E-state index in [0.717, 1.165) is 11.1 Å². The third-order valence-corrected chi connectivity index (χ3v) is 2.89. The van der Waals surface area contributed by atoms with Crippen LogP contribution in [0.25, 0.3) is 0 Å². The summed E-state index contributed by atoms with van der Waals surface area (Å²) in [5, 5.41) is 9.14. The van der Waals surface area contributed by atoms with Crippen LogP contribution in [0.15, 0.2) is 54.6 Å². The second-order valence-electron chi connectivity index (χ2n) is 4.03. The minimum absolute atomic E-state index is 0.122. The first-order chi connectivity index (χ1) is 8.31. The van der Waals surface area contributed by atoms with Gasteiger partial charge < -0.3 is 5.11 Å². The number of hydrogen-bond donors (Lipinski definition) is 1. The molecular formula is C15H15FO. The Balaban J connectivity index is 2.32. The molecule has 0 fully saturated rings.